The van der Waals surface area contributed by atoms with Gasteiger partial charge >= 0.3 is 12.0 Å². The third-order valence-electron chi connectivity index (χ3n) is 6.21. The molecule has 4 rings (SSSR count). The van der Waals surface area contributed by atoms with Gasteiger partial charge in [-0.15, -0.1) is 0 Å². The van der Waals surface area contributed by atoms with Crippen LogP contribution in [0.15, 0.2) is 30.3 Å². The second-order valence-electron chi connectivity index (χ2n) is 8.05. The van der Waals surface area contributed by atoms with E-state index in [-0.39, 0.29) is 17.7 Å². The van der Waals surface area contributed by atoms with Crippen molar-refractivity contribution in [1.29, 1.82) is 0 Å². The van der Waals surface area contributed by atoms with Crippen LogP contribution in [0.4, 0.5) is 4.79 Å². The molecule has 30 heavy (non-hydrogen) atoms. The number of amides is 3. The number of halogens is 1. The molecule has 1 aromatic heterocycles. The van der Waals surface area contributed by atoms with Crippen LogP contribution in [0.3, 0.4) is 0 Å². The van der Waals surface area contributed by atoms with Crippen molar-refractivity contribution < 1.29 is 19.1 Å². The maximum atomic E-state index is 12.9. The first-order valence-electron chi connectivity index (χ1n) is 10.3. The Bertz CT molecular complexity index is 1000. The minimum atomic E-state index is -0.866. The number of imide groups is 1. The van der Waals surface area contributed by atoms with Crippen LogP contribution >= 0.6 is 11.6 Å². The minimum absolute atomic E-state index is 0.0809. The summed E-state index contributed by atoms with van der Waals surface area (Å²) in [6.07, 6.45) is 4.09. The van der Waals surface area contributed by atoms with Gasteiger partial charge < -0.3 is 10.1 Å². The number of nitrogens with zero attached hydrogens (tertiary/aromatic N) is 2. The van der Waals surface area contributed by atoms with E-state index in [9.17, 15) is 14.4 Å². The second-order valence-corrected chi connectivity index (χ2v) is 8.40. The molecule has 1 aliphatic heterocycles. The number of urea groups is 1. The Morgan fingerprint density at radius 1 is 1.30 bits per heavy atom. The lowest BCUT2D eigenvalue weighted by molar-refractivity contribution is -0.149. The van der Waals surface area contributed by atoms with Crippen LogP contribution in [0.5, 0.6) is 0 Å². The third kappa shape index (κ3) is 3.86. The molecular formula is C22H24ClN3O4. The van der Waals surface area contributed by atoms with Crippen molar-refractivity contribution in [2.24, 2.45) is 5.92 Å². The molecule has 3 amide bonds. The van der Waals surface area contributed by atoms with E-state index in [1.54, 1.807) is 0 Å². The van der Waals surface area contributed by atoms with Gasteiger partial charge in [0.15, 0.2) is 0 Å². The number of ether oxygens (including phenoxy) is 1. The van der Waals surface area contributed by atoms with E-state index < -0.39 is 24.1 Å². The van der Waals surface area contributed by atoms with Gasteiger partial charge in [0, 0.05) is 10.9 Å². The Morgan fingerprint density at radius 3 is 2.77 bits per heavy atom. The molecule has 1 saturated heterocycles. The van der Waals surface area contributed by atoms with Crippen molar-refractivity contribution in [1.82, 2.24) is 15.2 Å². The smallest absolute Gasteiger partial charge is 0.326 e. The molecule has 2 fully saturated rings. The second kappa shape index (κ2) is 8.22. The van der Waals surface area contributed by atoms with E-state index in [0.717, 1.165) is 35.1 Å². The number of hydrogen-bond acceptors (Lipinski definition) is 5. The lowest BCUT2D eigenvalue weighted by Gasteiger charge is -2.34. The lowest BCUT2D eigenvalue weighted by atomic mass is 9.75. The number of benzene rings is 1. The summed E-state index contributed by atoms with van der Waals surface area (Å²) in [5, 5.41) is 3.95. The van der Waals surface area contributed by atoms with E-state index in [0.29, 0.717) is 24.3 Å². The summed E-state index contributed by atoms with van der Waals surface area (Å²) in [5.41, 5.74) is 0.449. The number of aromatic nitrogens is 1. The molecule has 0 bridgehead atoms. The summed E-state index contributed by atoms with van der Waals surface area (Å²) in [6.45, 7) is 1.64. The number of hydrogen-bond donors (Lipinski definition) is 1. The quantitative estimate of drug-likeness (QED) is 0.443. The number of rotatable bonds is 5. The van der Waals surface area contributed by atoms with Gasteiger partial charge in [-0.3, -0.25) is 14.5 Å². The Labute approximate surface area is 179 Å². The van der Waals surface area contributed by atoms with E-state index >= 15 is 0 Å². The van der Waals surface area contributed by atoms with Crippen molar-refractivity contribution in [2.45, 2.75) is 51.2 Å². The van der Waals surface area contributed by atoms with Gasteiger partial charge in [-0.25, -0.2) is 9.78 Å². The molecule has 1 N–H and O–H groups in total. The molecule has 0 unspecified atom stereocenters. The average molecular weight is 430 g/mol. The fourth-order valence-corrected chi connectivity index (χ4v) is 4.51. The van der Waals surface area contributed by atoms with Gasteiger partial charge in [-0.1, -0.05) is 43.1 Å². The van der Waals surface area contributed by atoms with Gasteiger partial charge in [-0.05, 0) is 43.7 Å². The van der Waals surface area contributed by atoms with E-state index in [1.807, 2.05) is 30.3 Å². The molecule has 1 spiro atoms. The van der Waals surface area contributed by atoms with Crippen LogP contribution in [0, 0.1) is 5.92 Å². The third-order valence-corrected chi connectivity index (χ3v) is 6.54. The summed E-state index contributed by atoms with van der Waals surface area (Å²) in [7, 11) is 0. The van der Waals surface area contributed by atoms with E-state index in [4.69, 9.17) is 16.3 Å². The highest BCUT2D eigenvalue weighted by atomic mass is 35.5. The first kappa shape index (κ1) is 20.6. The van der Waals surface area contributed by atoms with Crippen LogP contribution in [0.1, 0.15) is 44.6 Å². The number of pyridine rings is 1. The predicted molar refractivity (Wildman–Crippen MR) is 112 cm³/mol. The summed E-state index contributed by atoms with van der Waals surface area (Å²) < 4.78 is 5.29. The first-order chi connectivity index (χ1) is 14.4. The summed E-state index contributed by atoms with van der Waals surface area (Å²) >= 11 is 6.19. The number of carbonyl (C=O) groups excluding carboxylic acids is 3. The van der Waals surface area contributed by atoms with E-state index in [2.05, 4.69) is 17.2 Å². The zero-order valence-corrected chi connectivity index (χ0v) is 17.6. The van der Waals surface area contributed by atoms with Crippen LogP contribution in [-0.2, 0) is 20.9 Å². The lowest BCUT2D eigenvalue weighted by Crippen LogP contribution is -2.49. The van der Waals surface area contributed by atoms with Gasteiger partial charge in [0.1, 0.15) is 23.8 Å². The molecule has 1 aliphatic carbocycles. The van der Waals surface area contributed by atoms with Gasteiger partial charge in [0.05, 0.1) is 5.52 Å². The Morgan fingerprint density at radius 2 is 2.03 bits per heavy atom. The number of fused-ring (bicyclic) bond motifs is 1. The monoisotopic (exact) mass is 429 g/mol. The molecule has 0 atom stereocenters. The number of esters is 1. The minimum Gasteiger partial charge on any atom is -0.459 e. The zero-order valence-electron chi connectivity index (χ0n) is 16.8. The fourth-order valence-electron chi connectivity index (χ4n) is 4.31. The Kier molecular flexibility index (Phi) is 5.64. The van der Waals surface area contributed by atoms with Crippen molar-refractivity contribution in [3.63, 3.8) is 0 Å². The molecule has 2 heterocycles. The molecular weight excluding hydrogens is 406 g/mol. The zero-order chi connectivity index (χ0) is 21.3. The first-order valence-corrected chi connectivity index (χ1v) is 10.6. The number of nitrogens with one attached hydrogen (secondary N) is 1. The highest BCUT2D eigenvalue weighted by Gasteiger charge is 2.52. The Hall–Kier alpha value is -2.67. The van der Waals surface area contributed by atoms with Crippen molar-refractivity contribution >= 4 is 40.4 Å². The fraction of sp³-hybridized carbons (Fsp3) is 0.455. The number of para-hydroxylation sites is 1. The SMILES string of the molecule is CCC1CCC2(CC1)NC(=O)N(CC(=O)OCc1cc3ccccc3nc1Cl)C2=O. The molecule has 0 radical (unpaired) electrons. The van der Waals surface area contributed by atoms with E-state index in [1.165, 1.54) is 0 Å². The molecule has 8 heteroatoms. The highest BCUT2D eigenvalue weighted by Crippen LogP contribution is 2.37. The Balaban J connectivity index is 1.38. The topological polar surface area (TPSA) is 88.6 Å². The molecule has 2 aliphatic rings. The summed E-state index contributed by atoms with van der Waals surface area (Å²) in [4.78, 5) is 42.9. The molecule has 1 saturated carbocycles. The average Bonchev–Trinajstić information content (AvgIpc) is 2.97. The molecule has 7 nitrogen and oxygen atoms in total. The highest BCUT2D eigenvalue weighted by molar-refractivity contribution is 6.30. The van der Waals surface area contributed by atoms with Gasteiger partial charge in [-0.2, -0.15) is 0 Å². The largest absolute Gasteiger partial charge is 0.459 e. The van der Waals surface area contributed by atoms with Crippen LogP contribution in [0.2, 0.25) is 5.15 Å². The van der Waals surface area contributed by atoms with Crippen molar-refractivity contribution in [3.8, 4) is 0 Å². The van der Waals surface area contributed by atoms with Crippen molar-refractivity contribution in [2.75, 3.05) is 6.54 Å². The maximum Gasteiger partial charge on any atom is 0.326 e. The van der Waals surface area contributed by atoms with Crippen molar-refractivity contribution in [3.05, 3.63) is 41.0 Å². The standard InChI is InChI=1S/C22H24ClN3O4/c1-2-14-7-9-22(10-8-14)20(28)26(21(29)25-22)12-18(27)30-13-16-11-15-5-3-4-6-17(15)24-19(16)23/h3-6,11,14H,2,7-10,12-13H2,1H3,(H,25,29). The van der Waals surface area contributed by atoms with Gasteiger partial charge in [0.25, 0.3) is 5.91 Å². The predicted octanol–water partition coefficient (Wildman–Crippen LogP) is 3.82. The molecule has 1 aromatic carbocycles. The molecule has 158 valence electrons. The normalized spacial score (nSPS) is 23.8. The summed E-state index contributed by atoms with van der Waals surface area (Å²) in [5.74, 6) is -0.411. The number of carbonyl (C=O) groups is 3. The molecule has 2 aromatic rings. The van der Waals surface area contributed by atoms with Gasteiger partial charge in [0.2, 0.25) is 0 Å². The summed E-state index contributed by atoms with van der Waals surface area (Å²) in [6, 6.07) is 8.77. The maximum absolute atomic E-state index is 12.9. The van der Waals surface area contributed by atoms with Crippen LogP contribution < -0.4 is 5.32 Å². The van der Waals surface area contributed by atoms with Crippen LogP contribution in [-0.4, -0.2) is 39.9 Å². The van der Waals surface area contributed by atoms with Crippen LogP contribution in [0.25, 0.3) is 10.9 Å².